The van der Waals surface area contributed by atoms with Crippen molar-refractivity contribution in [3.8, 4) is 0 Å². The number of ether oxygens (including phenoxy) is 1. The molecule has 1 unspecified atom stereocenters. The standard InChI is InChI=1S/C14H24N2O5/c1-14(2,3)21-13(20)16-6-4-11(18)10(9-16)8-12(19)15-5-7-17/h10,17H,4-9H2,1-3H3,(H,15,19). The lowest BCUT2D eigenvalue weighted by atomic mass is 9.93. The Hall–Kier alpha value is -1.63. The van der Waals surface area contributed by atoms with Crippen LogP contribution in [0.25, 0.3) is 0 Å². The van der Waals surface area contributed by atoms with Gasteiger partial charge in [0, 0.05) is 38.4 Å². The van der Waals surface area contributed by atoms with E-state index in [1.807, 2.05) is 0 Å². The van der Waals surface area contributed by atoms with Crippen LogP contribution in [0.15, 0.2) is 0 Å². The molecule has 0 aromatic rings. The van der Waals surface area contributed by atoms with Crippen molar-refractivity contribution in [2.75, 3.05) is 26.2 Å². The Bertz CT molecular complexity index is 403. The van der Waals surface area contributed by atoms with Crippen molar-refractivity contribution in [1.29, 1.82) is 0 Å². The molecule has 0 bridgehead atoms. The molecular weight excluding hydrogens is 276 g/mol. The molecule has 0 aromatic carbocycles. The second-order valence-corrected chi connectivity index (χ2v) is 6.12. The maximum absolute atomic E-state index is 12.0. The van der Waals surface area contributed by atoms with Crippen LogP contribution in [0.2, 0.25) is 0 Å². The van der Waals surface area contributed by atoms with Crippen LogP contribution < -0.4 is 5.32 Å². The summed E-state index contributed by atoms with van der Waals surface area (Å²) in [6.07, 6.45) is -0.203. The predicted molar refractivity (Wildman–Crippen MR) is 75.6 cm³/mol. The normalized spacial score (nSPS) is 19.3. The van der Waals surface area contributed by atoms with E-state index in [0.717, 1.165) is 0 Å². The SMILES string of the molecule is CC(C)(C)OC(=O)N1CCC(=O)C(CC(=O)NCCO)C1. The summed E-state index contributed by atoms with van der Waals surface area (Å²) in [5.41, 5.74) is -0.591. The lowest BCUT2D eigenvalue weighted by molar-refractivity contribution is -0.131. The maximum atomic E-state index is 12.0. The fourth-order valence-corrected chi connectivity index (χ4v) is 2.07. The van der Waals surface area contributed by atoms with Gasteiger partial charge in [0.25, 0.3) is 0 Å². The molecule has 0 spiro atoms. The summed E-state index contributed by atoms with van der Waals surface area (Å²) >= 11 is 0. The van der Waals surface area contributed by atoms with Crippen LogP contribution in [0.3, 0.4) is 0 Å². The molecular formula is C14H24N2O5. The van der Waals surface area contributed by atoms with Crippen molar-refractivity contribution >= 4 is 17.8 Å². The summed E-state index contributed by atoms with van der Waals surface area (Å²) < 4.78 is 5.27. The van der Waals surface area contributed by atoms with Crippen molar-refractivity contribution in [1.82, 2.24) is 10.2 Å². The lowest BCUT2D eigenvalue weighted by Crippen LogP contribution is -2.47. The van der Waals surface area contributed by atoms with Crippen molar-refractivity contribution in [3.63, 3.8) is 0 Å². The summed E-state index contributed by atoms with van der Waals surface area (Å²) in [4.78, 5) is 36.9. The summed E-state index contributed by atoms with van der Waals surface area (Å²) in [5, 5.41) is 11.2. The van der Waals surface area contributed by atoms with Gasteiger partial charge in [0.2, 0.25) is 5.91 Å². The van der Waals surface area contributed by atoms with Crippen LogP contribution in [0, 0.1) is 5.92 Å². The number of aliphatic hydroxyl groups is 1. The average Bonchev–Trinajstić information content (AvgIpc) is 2.36. The molecule has 0 radical (unpaired) electrons. The first-order valence-electron chi connectivity index (χ1n) is 7.11. The highest BCUT2D eigenvalue weighted by atomic mass is 16.6. The number of nitrogens with one attached hydrogen (secondary N) is 1. The average molecular weight is 300 g/mol. The highest BCUT2D eigenvalue weighted by Crippen LogP contribution is 2.19. The fraction of sp³-hybridized carbons (Fsp3) is 0.786. The largest absolute Gasteiger partial charge is 0.444 e. The van der Waals surface area contributed by atoms with Gasteiger partial charge in [-0.3, -0.25) is 9.59 Å². The van der Waals surface area contributed by atoms with Gasteiger partial charge >= 0.3 is 6.09 Å². The summed E-state index contributed by atoms with van der Waals surface area (Å²) in [6.45, 7) is 5.87. The summed E-state index contributed by atoms with van der Waals surface area (Å²) in [7, 11) is 0. The summed E-state index contributed by atoms with van der Waals surface area (Å²) in [6, 6.07) is 0. The number of hydrogen-bond acceptors (Lipinski definition) is 5. The highest BCUT2D eigenvalue weighted by molar-refractivity contribution is 5.88. The predicted octanol–water partition coefficient (Wildman–Crippen LogP) is 0.311. The second-order valence-electron chi connectivity index (χ2n) is 6.12. The van der Waals surface area contributed by atoms with Gasteiger partial charge in [-0.2, -0.15) is 0 Å². The van der Waals surface area contributed by atoms with Gasteiger partial charge in [-0.05, 0) is 20.8 Å². The minimum atomic E-state index is -0.591. The number of piperidine rings is 1. The van der Waals surface area contributed by atoms with Crippen molar-refractivity contribution in [3.05, 3.63) is 0 Å². The van der Waals surface area contributed by atoms with Gasteiger partial charge < -0.3 is 20.1 Å². The molecule has 1 fully saturated rings. The molecule has 1 aliphatic rings. The first-order valence-corrected chi connectivity index (χ1v) is 7.11. The molecule has 2 amide bonds. The second kappa shape index (κ2) is 7.40. The number of hydrogen-bond donors (Lipinski definition) is 2. The number of likely N-dealkylation sites (tertiary alicyclic amines) is 1. The number of aliphatic hydroxyl groups excluding tert-OH is 1. The Kier molecular flexibility index (Phi) is 6.14. The number of amides is 2. The van der Waals surface area contributed by atoms with E-state index >= 15 is 0 Å². The van der Waals surface area contributed by atoms with Gasteiger partial charge in [-0.1, -0.05) is 0 Å². The van der Waals surface area contributed by atoms with E-state index in [9.17, 15) is 14.4 Å². The quantitative estimate of drug-likeness (QED) is 0.779. The van der Waals surface area contributed by atoms with Crippen LogP contribution in [0.5, 0.6) is 0 Å². The molecule has 1 heterocycles. The Morgan fingerprint density at radius 1 is 1.43 bits per heavy atom. The van der Waals surface area contributed by atoms with Gasteiger partial charge in [-0.15, -0.1) is 0 Å². The zero-order chi connectivity index (χ0) is 16.0. The minimum Gasteiger partial charge on any atom is -0.444 e. The smallest absolute Gasteiger partial charge is 0.410 e. The van der Waals surface area contributed by atoms with E-state index in [2.05, 4.69) is 5.32 Å². The number of carbonyl (C=O) groups excluding carboxylic acids is 3. The molecule has 0 saturated carbocycles. The molecule has 1 aliphatic heterocycles. The van der Waals surface area contributed by atoms with Crippen LogP contribution in [0.1, 0.15) is 33.6 Å². The topological polar surface area (TPSA) is 95.9 Å². The van der Waals surface area contributed by atoms with Crippen molar-refractivity contribution in [2.24, 2.45) is 5.92 Å². The Morgan fingerprint density at radius 2 is 2.10 bits per heavy atom. The molecule has 0 aromatic heterocycles. The van der Waals surface area contributed by atoms with Crippen LogP contribution >= 0.6 is 0 Å². The van der Waals surface area contributed by atoms with Gasteiger partial charge in [-0.25, -0.2) is 4.79 Å². The van der Waals surface area contributed by atoms with E-state index in [1.54, 1.807) is 20.8 Å². The van der Waals surface area contributed by atoms with Gasteiger partial charge in [0.05, 0.1) is 6.61 Å². The van der Waals surface area contributed by atoms with E-state index < -0.39 is 17.6 Å². The van der Waals surface area contributed by atoms with Crippen molar-refractivity contribution in [2.45, 2.75) is 39.2 Å². The van der Waals surface area contributed by atoms with Crippen LogP contribution in [-0.2, 0) is 14.3 Å². The van der Waals surface area contributed by atoms with E-state index in [4.69, 9.17) is 9.84 Å². The summed E-state index contributed by atoms with van der Waals surface area (Å²) in [5.74, 6) is -0.827. The fourth-order valence-electron chi connectivity index (χ4n) is 2.07. The Balaban J connectivity index is 2.55. The minimum absolute atomic E-state index is 0.0195. The van der Waals surface area contributed by atoms with Gasteiger partial charge in [0.1, 0.15) is 11.4 Å². The Morgan fingerprint density at radius 3 is 2.67 bits per heavy atom. The van der Waals surface area contributed by atoms with Crippen LogP contribution in [-0.4, -0.2) is 59.6 Å². The third-order valence-electron chi connectivity index (χ3n) is 3.04. The van der Waals surface area contributed by atoms with E-state index in [0.29, 0.717) is 6.54 Å². The number of nitrogens with zero attached hydrogens (tertiary/aromatic N) is 1. The molecule has 7 heteroatoms. The number of rotatable bonds is 4. The Labute approximate surface area is 124 Å². The molecule has 2 N–H and O–H groups in total. The third kappa shape index (κ3) is 6.12. The number of ketones is 1. The van der Waals surface area contributed by atoms with E-state index in [-0.39, 0.29) is 44.2 Å². The molecule has 1 atom stereocenters. The van der Waals surface area contributed by atoms with E-state index in [1.165, 1.54) is 4.90 Å². The first-order chi connectivity index (χ1) is 9.73. The molecule has 1 rings (SSSR count). The molecule has 0 aliphatic carbocycles. The zero-order valence-electron chi connectivity index (χ0n) is 12.8. The van der Waals surface area contributed by atoms with Gasteiger partial charge in [0.15, 0.2) is 0 Å². The highest BCUT2D eigenvalue weighted by Gasteiger charge is 2.33. The molecule has 21 heavy (non-hydrogen) atoms. The maximum Gasteiger partial charge on any atom is 0.410 e. The number of carbonyl (C=O) groups is 3. The van der Waals surface area contributed by atoms with Crippen LogP contribution in [0.4, 0.5) is 4.79 Å². The number of Topliss-reactive ketones (excluding diaryl/α,β-unsaturated/α-hetero) is 1. The molecule has 7 nitrogen and oxygen atoms in total. The third-order valence-corrected chi connectivity index (χ3v) is 3.04. The van der Waals surface area contributed by atoms with Crippen molar-refractivity contribution < 1.29 is 24.2 Å². The zero-order valence-corrected chi connectivity index (χ0v) is 12.8. The first kappa shape index (κ1) is 17.4. The monoisotopic (exact) mass is 300 g/mol. The lowest BCUT2D eigenvalue weighted by Gasteiger charge is -2.33. The molecule has 1 saturated heterocycles. The molecule has 120 valence electrons.